The maximum absolute atomic E-state index is 13.9. The molecule has 7 heteroatoms. The van der Waals surface area contributed by atoms with E-state index in [4.69, 9.17) is 9.72 Å². The van der Waals surface area contributed by atoms with Crippen LogP contribution in [0.25, 0.3) is 0 Å². The predicted octanol–water partition coefficient (Wildman–Crippen LogP) is 2.86. The van der Waals surface area contributed by atoms with Crippen molar-refractivity contribution in [1.29, 1.82) is 0 Å². The topological polar surface area (TPSA) is 44.7 Å². The van der Waals surface area contributed by atoms with Gasteiger partial charge in [0.2, 0.25) is 5.95 Å². The third-order valence-electron chi connectivity index (χ3n) is 5.54. The van der Waals surface area contributed by atoms with Crippen LogP contribution in [-0.2, 0) is 6.54 Å². The number of anilines is 2. The largest absolute Gasteiger partial charge is 0.494 e. The van der Waals surface area contributed by atoms with Crippen molar-refractivity contribution in [2.24, 2.45) is 0 Å². The van der Waals surface area contributed by atoms with Gasteiger partial charge in [-0.15, -0.1) is 0 Å². The first-order valence-electron chi connectivity index (χ1n) is 10.0. The highest BCUT2D eigenvalue weighted by Gasteiger charge is 2.22. The zero-order chi connectivity index (χ0) is 19.5. The molecule has 2 fully saturated rings. The minimum absolute atomic E-state index is 0.291. The van der Waals surface area contributed by atoms with Gasteiger partial charge in [0.1, 0.15) is 5.82 Å². The van der Waals surface area contributed by atoms with Crippen LogP contribution in [0.5, 0.6) is 5.75 Å². The first-order valence-corrected chi connectivity index (χ1v) is 10.0. The van der Waals surface area contributed by atoms with Crippen molar-refractivity contribution in [3.8, 4) is 5.75 Å². The van der Waals surface area contributed by atoms with Gasteiger partial charge in [0, 0.05) is 57.6 Å². The molecule has 6 nitrogen and oxygen atoms in total. The molecule has 0 N–H and O–H groups in total. The number of aryl methyl sites for hydroxylation is 1. The summed E-state index contributed by atoms with van der Waals surface area (Å²) in [5.41, 5.74) is 1.98. The molecular weight excluding hydrogens is 357 g/mol. The summed E-state index contributed by atoms with van der Waals surface area (Å²) in [6.07, 6.45) is 2.48. The molecule has 1 aromatic carbocycles. The van der Waals surface area contributed by atoms with Gasteiger partial charge in [-0.2, -0.15) is 4.98 Å². The number of rotatable bonds is 5. The first kappa shape index (κ1) is 18.9. The fourth-order valence-electron chi connectivity index (χ4n) is 3.96. The Morgan fingerprint density at radius 3 is 2.39 bits per heavy atom. The SMILES string of the molecule is COc1ccc(CN2CCN(c3nc(C)cc(N4CCCC4)n3)CC2)cc1F. The van der Waals surface area contributed by atoms with Gasteiger partial charge in [-0.1, -0.05) is 6.07 Å². The van der Waals surface area contributed by atoms with Crippen LogP contribution in [0, 0.1) is 12.7 Å². The third-order valence-corrected chi connectivity index (χ3v) is 5.54. The molecule has 2 aliphatic heterocycles. The van der Waals surface area contributed by atoms with Crippen LogP contribution in [0.2, 0.25) is 0 Å². The summed E-state index contributed by atoms with van der Waals surface area (Å²) in [4.78, 5) is 16.5. The van der Waals surface area contributed by atoms with E-state index in [1.54, 1.807) is 12.1 Å². The molecule has 0 saturated carbocycles. The molecule has 0 spiro atoms. The average molecular weight is 385 g/mol. The highest BCUT2D eigenvalue weighted by atomic mass is 19.1. The van der Waals surface area contributed by atoms with E-state index in [0.29, 0.717) is 5.75 Å². The monoisotopic (exact) mass is 385 g/mol. The molecule has 3 heterocycles. The highest BCUT2D eigenvalue weighted by Crippen LogP contribution is 2.23. The fraction of sp³-hybridized carbons (Fsp3) is 0.524. The summed E-state index contributed by atoms with van der Waals surface area (Å²) in [7, 11) is 1.49. The molecule has 0 aliphatic carbocycles. The zero-order valence-corrected chi connectivity index (χ0v) is 16.7. The minimum Gasteiger partial charge on any atom is -0.494 e. The van der Waals surface area contributed by atoms with E-state index >= 15 is 0 Å². The summed E-state index contributed by atoms with van der Waals surface area (Å²) in [6.45, 7) is 8.52. The number of aromatic nitrogens is 2. The van der Waals surface area contributed by atoms with Crippen LogP contribution in [0.15, 0.2) is 24.3 Å². The molecule has 0 amide bonds. The maximum Gasteiger partial charge on any atom is 0.227 e. The molecule has 0 unspecified atom stereocenters. The predicted molar refractivity (Wildman–Crippen MR) is 109 cm³/mol. The number of hydrogen-bond acceptors (Lipinski definition) is 6. The Hall–Kier alpha value is -2.41. The number of piperazine rings is 1. The van der Waals surface area contributed by atoms with Crippen molar-refractivity contribution in [3.63, 3.8) is 0 Å². The molecule has 2 saturated heterocycles. The maximum atomic E-state index is 13.9. The van der Waals surface area contributed by atoms with E-state index in [0.717, 1.165) is 68.8 Å². The van der Waals surface area contributed by atoms with E-state index < -0.39 is 0 Å². The van der Waals surface area contributed by atoms with Crippen LogP contribution in [-0.4, -0.2) is 61.2 Å². The van der Waals surface area contributed by atoms with Gasteiger partial charge in [-0.25, -0.2) is 9.37 Å². The van der Waals surface area contributed by atoms with Crippen LogP contribution >= 0.6 is 0 Å². The van der Waals surface area contributed by atoms with E-state index in [-0.39, 0.29) is 5.82 Å². The average Bonchev–Trinajstić information content (AvgIpc) is 3.23. The minimum atomic E-state index is -0.304. The van der Waals surface area contributed by atoms with E-state index in [9.17, 15) is 4.39 Å². The van der Waals surface area contributed by atoms with Crippen molar-refractivity contribution in [3.05, 3.63) is 41.3 Å². The normalized spacial score (nSPS) is 18.0. The third kappa shape index (κ3) is 4.19. The second kappa shape index (κ2) is 8.31. The van der Waals surface area contributed by atoms with Crippen LogP contribution in [0.4, 0.5) is 16.2 Å². The van der Waals surface area contributed by atoms with Crippen LogP contribution < -0.4 is 14.5 Å². The Labute approximate surface area is 165 Å². The zero-order valence-electron chi connectivity index (χ0n) is 16.7. The van der Waals surface area contributed by atoms with Gasteiger partial charge in [0.15, 0.2) is 11.6 Å². The van der Waals surface area contributed by atoms with Crippen molar-refractivity contribution < 1.29 is 9.13 Å². The van der Waals surface area contributed by atoms with Crippen molar-refractivity contribution in [1.82, 2.24) is 14.9 Å². The summed E-state index contributed by atoms with van der Waals surface area (Å²) in [5.74, 6) is 1.87. The second-order valence-electron chi connectivity index (χ2n) is 7.59. The molecule has 2 aliphatic rings. The lowest BCUT2D eigenvalue weighted by Crippen LogP contribution is -2.46. The first-order chi connectivity index (χ1) is 13.6. The standard InChI is InChI=1S/C21H28FN5O/c1-16-13-20(26-7-3-4-8-26)24-21(23-16)27-11-9-25(10-12-27)15-17-5-6-19(28-2)18(22)14-17/h5-6,13-14H,3-4,7-12,15H2,1-2H3. The molecule has 4 rings (SSSR count). The number of hydrogen-bond donors (Lipinski definition) is 0. The van der Waals surface area contributed by atoms with Crippen LogP contribution in [0.1, 0.15) is 24.1 Å². The molecule has 28 heavy (non-hydrogen) atoms. The lowest BCUT2D eigenvalue weighted by Gasteiger charge is -2.35. The molecule has 0 bridgehead atoms. The quantitative estimate of drug-likeness (QED) is 0.789. The van der Waals surface area contributed by atoms with Gasteiger partial charge in [-0.3, -0.25) is 4.90 Å². The van der Waals surface area contributed by atoms with Gasteiger partial charge in [0.05, 0.1) is 7.11 Å². The van der Waals surface area contributed by atoms with E-state index in [2.05, 4.69) is 25.8 Å². The molecule has 0 atom stereocenters. The van der Waals surface area contributed by atoms with Gasteiger partial charge in [0.25, 0.3) is 0 Å². The Morgan fingerprint density at radius 1 is 0.964 bits per heavy atom. The Morgan fingerprint density at radius 2 is 1.71 bits per heavy atom. The molecule has 2 aromatic rings. The number of ether oxygens (including phenoxy) is 1. The van der Waals surface area contributed by atoms with E-state index in [1.807, 2.05) is 13.0 Å². The summed E-state index contributed by atoms with van der Waals surface area (Å²) < 4.78 is 18.9. The molecule has 1 aromatic heterocycles. The number of halogens is 1. The lowest BCUT2D eigenvalue weighted by atomic mass is 10.2. The van der Waals surface area contributed by atoms with Gasteiger partial charge in [-0.05, 0) is 37.5 Å². The van der Waals surface area contributed by atoms with Crippen molar-refractivity contribution >= 4 is 11.8 Å². The smallest absolute Gasteiger partial charge is 0.227 e. The number of nitrogens with zero attached hydrogens (tertiary/aromatic N) is 5. The molecule has 0 radical (unpaired) electrons. The van der Waals surface area contributed by atoms with Crippen molar-refractivity contribution in [2.45, 2.75) is 26.3 Å². The van der Waals surface area contributed by atoms with Gasteiger partial charge >= 0.3 is 0 Å². The summed E-state index contributed by atoms with van der Waals surface area (Å²) in [6, 6.07) is 7.28. The Balaban J connectivity index is 1.38. The highest BCUT2D eigenvalue weighted by molar-refractivity contribution is 5.46. The molecule has 150 valence electrons. The van der Waals surface area contributed by atoms with Crippen molar-refractivity contribution in [2.75, 3.05) is 56.2 Å². The molecular formula is C21H28FN5O. The van der Waals surface area contributed by atoms with E-state index in [1.165, 1.54) is 20.0 Å². The fourth-order valence-corrected chi connectivity index (χ4v) is 3.96. The summed E-state index contributed by atoms with van der Waals surface area (Å²) >= 11 is 0. The summed E-state index contributed by atoms with van der Waals surface area (Å²) in [5, 5.41) is 0. The lowest BCUT2D eigenvalue weighted by molar-refractivity contribution is 0.248. The van der Waals surface area contributed by atoms with Crippen LogP contribution in [0.3, 0.4) is 0 Å². The Kier molecular flexibility index (Phi) is 5.62. The number of benzene rings is 1. The number of methoxy groups -OCH3 is 1. The second-order valence-corrected chi connectivity index (χ2v) is 7.59. The Bertz CT molecular complexity index is 816. The van der Waals surface area contributed by atoms with Gasteiger partial charge < -0.3 is 14.5 Å².